The Morgan fingerprint density at radius 2 is 1.92 bits per heavy atom. The standard InChI is InChI=1S/C8H16N2O3/c1-8(2,9)6(11)4-13-5-7(12)10-3/h4-5,9H2,1-3H3,(H,10,12). The minimum atomic E-state index is -0.900. The zero-order chi connectivity index (χ0) is 10.5. The molecule has 0 aromatic heterocycles. The number of ether oxygens (including phenoxy) is 1. The van der Waals surface area contributed by atoms with Crippen molar-refractivity contribution in [3.63, 3.8) is 0 Å². The third kappa shape index (κ3) is 5.32. The molecule has 5 heteroatoms. The molecule has 0 atom stereocenters. The summed E-state index contributed by atoms with van der Waals surface area (Å²) in [5.41, 5.74) is 4.60. The fraction of sp³-hybridized carbons (Fsp3) is 0.750. The summed E-state index contributed by atoms with van der Waals surface area (Å²) in [4.78, 5) is 21.8. The maximum Gasteiger partial charge on any atom is 0.245 e. The Labute approximate surface area is 77.6 Å². The molecule has 0 aromatic rings. The number of amides is 1. The highest BCUT2D eigenvalue weighted by Crippen LogP contribution is 1.98. The fourth-order valence-corrected chi connectivity index (χ4v) is 0.495. The van der Waals surface area contributed by atoms with Gasteiger partial charge >= 0.3 is 0 Å². The first-order chi connectivity index (χ1) is 5.88. The molecule has 0 heterocycles. The van der Waals surface area contributed by atoms with E-state index in [0.717, 1.165) is 0 Å². The van der Waals surface area contributed by atoms with Crippen LogP contribution >= 0.6 is 0 Å². The Morgan fingerprint density at radius 1 is 1.38 bits per heavy atom. The summed E-state index contributed by atoms with van der Waals surface area (Å²) in [5, 5.41) is 2.37. The van der Waals surface area contributed by atoms with Crippen LogP contribution in [0.4, 0.5) is 0 Å². The van der Waals surface area contributed by atoms with Gasteiger partial charge in [-0.15, -0.1) is 0 Å². The van der Waals surface area contributed by atoms with Gasteiger partial charge in [-0.1, -0.05) is 0 Å². The lowest BCUT2D eigenvalue weighted by Crippen LogP contribution is -2.44. The molecule has 0 unspecified atom stereocenters. The molecule has 0 bridgehead atoms. The van der Waals surface area contributed by atoms with Gasteiger partial charge in [0.05, 0.1) is 5.54 Å². The van der Waals surface area contributed by atoms with E-state index in [4.69, 9.17) is 10.5 Å². The number of likely N-dealkylation sites (N-methyl/N-ethyl adjacent to an activating group) is 1. The molecule has 0 spiro atoms. The number of nitrogens with one attached hydrogen (secondary N) is 1. The molecule has 0 aromatic carbocycles. The molecule has 1 amide bonds. The lowest BCUT2D eigenvalue weighted by atomic mass is 10.0. The fourth-order valence-electron chi connectivity index (χ4n) is 0.495. The Morgan fingerprint density at radius 3 is 2.31 bits per heavy atom. The molecule has 0 aliphatic rings. The number of Topliss-reactive ketones (excluding diaryl/α,β-unsaturated/α-hetero) is 1. The van der Waals surface area contributed by atoms with Crippen LogP contribution in [0.15, 0.2) is 0 Å². The number of carbonyl (C=O) groups is 2. The molecular weight excluding hydrogens is 172 g/mol. The second-order valence-corrected chi connectivity index (χ2v) is 3.31. The Balaban J connectivity index is 3.67. The summed E-state index contributed by atoms with van der Waals surface area (Å²) in [6.45, 7) is 2.95. The molecule has 0 saturated carbocycles. The minimum Gasteiger partial charge on any atom is -0.364 e. The van der Waals surface area contributed by atoms with Gasteiger partial charge in [-0.2, -0.15) is 0 Å². The monoisotopic (exact) mass is 188 g/mol. The van der Waals surface area contributed by atoms with Crippen molar-refractivity contribution in [2.24, 2.45) is 5.73 Å². The molecular formula is C8H16N2O3. The van der Waals surface area contributed by atoms with Gasteiger partial charge in [0.15, 0.2) is 5.78 Å². The SMILES string of the molecule is CNC(=O)COCC(=O)C(C)(C)N. The van der Waals surface area contributed by atoms with Gasteiger partial charge in [-0.3, -0.25) is 9.59 Å². The van der Waals surface area contributed by atoms with Crippen LogP contribution in [0.5, 0.6) is 0 Å². The summed E-state index contributed by atoms with van der Waals surface area (Å²) in [6.07, 6.45) is 0. The molecule has 0 saturated heterocycles. The van der Waals surface area contributed by atoms with Crippen molar-refractivity contribution in [2.75, 3.05) is 20.3 Å². The second kappa shape index (κ2) is 4.94. The van der Waals surface area contributed by atoms with E-state index in [1.807, 2.05) is 0 Å². The third-order valence-corrected chi connectivity index (χ3v) is 1.46. The van der Waals surface area contributed by atoms with Gasteiger partial charge in [-0.05, 0) is 13.8 Å². The van der Waals surface area contributed by atoms with E-state index in [2.05, 4.69) is 5.32 Å². The summed E-state index contributed by atoms with van der Waals surface area (Å²) in [5.74, 6) is -0.487. The Bertz CT molecular complexity index is 196. The molecule has 0 aliphatic carbocycles. The number of nitrogens with two attached hydrogens (primary N) is 1. The maximum absolute atomic E-state index is 11.2. The summed E-state index contributed by atoms with van der Waals surface area (Å²) in [6, 6.07) is 0. The number of rotatable bonds is 5. The van der Waals surface area contributed by atoms with Crippen molar-refractivity contribution in [3.05, 3.63) is 0 Å². The normalized spacial score (nSPS) is 11.1. The van der Waals surface area contributed by atoms with E-state index in [0.29, 0.717) is 0 Å². The zero-order valence-electron chi connectivity index (χ0n) is 8.22. The van der Waals surface area contributed by atoms with Crippen LogP contribution in [0, 0.1) is 0 Å². The molecule has 3 N–H and O–H groups in total. The highest BCUT2D eigenvalue weighted by atomic mass is 16.5. The Hall–Kier alpha value is -0.940. The van der Waals surface area contributed by atoms with Crippen LogP contribution in [-0.2, 0) is 14.3 Å². The average Bonchev–Trinajstić information content (AvgIpc) is 2.02. The van der Waals surface area contributed by atoms with E-state index in [9.17, 15) is 9.59 Å². The third-order valence-electron chi connectivity index (χ3n) is 1.46. The van der Waals surface area contributed by atoms with Gasteiger partial charge in [0.1, 0.15) is 13.2 Å². The van der Waals surface area contributed by atoms with E-state index >= 15 is 0 Å². The van der Waals surface area contributed by atoms with Crippen molar-refractivity contribution in [2.45, 2.75) is 19.4 Å². The van der Waals surface area contributed by atoms with Gasteiger partial charge in [0, 0.05) is 7.05 Å². The van der Waals surface area contributed by atoms with Gasteiger partial charge < -0.3 is 15.8 Å². The number of hydrogen-bond donors (Lipinski definition) is 2. The molecule has 0 fully saturated rings. The van der Waals surface area contributed by atoms with Crippen molar-refractivity contribution in [3.8, 4) is 0 Å². The predicted molar refractivity (Wildman–Crippen MR) is 48.2 cm³/mol. The molecule has 13 heavy (non-hydrogen) atoms. The van der Waals surface area contributed by atoms with Crippen molar-refractivity contribution < 1.29 is 14.3 Å². The van der Waals surface area contributed by atoms with Crippen LogP contribution in [0.3, 0.4) is 0 Å². The highest BCUT2D eigenvalue weighted by molar-refractivity contribution is 5.88. The van der Waals surface area contributed by atoms with Crippen LogP contribution in [0.2, 0.25) is 0 Å². The molecule has 76 valence electrons. The summed E-state index contributed by atoms with van der Waals surface area (Å²) in [7, 11) is 1.50. The molecule has 0 aliphatic heterocycles. The van der Waals surface area contributed by atoms with Crippen molar-refractivity contribution in [1.29, 1.82) is 0 Å². The number of ketones is 1. The summed E-state index contributed by atoms with van der Waals surface area (Å²) >= 11 is 0. The average molecular weight is 188 g/mol. The van der Waals surface area contributed by atoms with E-state index in [1.165, 1.54) is 7.05 Å². The first kappa shape index (κ1) is 12.1. The van der Waals surface area contributed by atoms with E-state index in [1.54, 1.807) is 13.8 Å². The Kier molecular flexibility index (Phi) is 4.58. The largest absolute Gasteiger partial charge is 0.364 e. The van der Waals surface area contributed by atoms with Crippen LogP contribution < -0.4 is 11.1 Å². The van der Waals surface area contributed by atoms with Crippen LogP contribution in [0.25, 0.3) is 0 Å². The molecule has 0 rings (SSSR count). The van der Waals surface area contributed by atoms with Crippen LogP contribution in [-0.4, -0.2) is 37.5 Å². The lowest BCUT2D eigenvalue weighted by molar-refractivity contribution is -0.131. The van der Waals surface area contributed by atoms with Crippen molar-refractivity contribution in [1.82, 2.24) is 5.32 Å². The lowest BCUT2D eigenvalue weighted by Gasteiger charge is -2.16. The first-order valence-corrected chi connectivity index (χ1v) is 3.98. The molecule has 0 radical (unpaired) electrons. The first-order valence-electron chi connectivity index (χ1n) is 3.98. The number of carbonyl (C=O) groups excluding carboxylic acids is 2. The van der Waals surface area contributed by atoms with Crippen LogP contribution in [0.1, 0.15) is 13.8 Å². The number of hydrogen-bond acceptors (Lipinski definition) is 4. The van der Waals surface area contributed by atoms with Gasteiger partial charge in [-0.25, -0.2) is 0 Å². The summed E-state index contributed by atoms with van der Waals surface area (Å²) < 4.78 is 4.83. The highest BCUT2D eigenvalue weighted by Gasteiger charge is 2.21. The molecule has 5 nitrogen and oxygen atoms in total. The van der Waals surface area contributed by atoms with E-state index < -0.39 is 5.54 Å². The maximum atomic E-state index is 11.2. The smallest absolute Gasteiger partial charge is 0.245 e. The van der Waals surface area contributed by atoms with Crippen molar-refractivity contribution >= 4 is 11.7 Å². The zero-order valence-corrected chi connectivity index (χ0v) is 8.22. The minimum absolute atomic E-state index is 0.113. The van der Waals surface area contributed by atoms with E-state index in [-0.39, 0.29) is 24.9 Å². The topological polar surface area (TPSA) is 81.4 Å². The van der Waals surface area contributed by atoms with Gasteiger partial charge in [0.2, 0.25) is 5.91 Å². The second-order valence-electron chi connectivity index (χ2n) is 3.31. The predicted octanol–water partition coefficient (Wildman–Crippen LogP) is -0.945. The quantitative estimate of drug-likeness (QED) is 0.583. The van der Waals surface area contributed by atoms with Gasteiger partial charge in [0.25, 0.3) is 0 Å².